The molecule has 1 fully saturated rings. The molecule has 1 aromatic heterocycles. The van der Waals surface area contributed by atoms with Gasteiger partial charge in [0.2, 0.25) is 5.91 Å². The van der Waals surface area contributed by atoms with Crippen LogP contribution in [0.1, 0.15) is 22.0 Å². The lowest BCUT2D eigenvalue weighted by molar-refractivity contribution is -0.133. The maximum absolute atomic E-state index is 12.8. The SMILES string of the molecule is O=C(CN1CCc2sccc2C1c1ccccc1)N1CCNCC1. The van der Waals surface area contributed by atoms with Gasteiger partial charge < -0.3 is 10.2 Å². The normalized spacial score (nSPS) is 21.5. The monoisotopic (exact) mass is 341 g/mol. The van der Waals surface area contributed by atoms with Crippen LogP contribution in [0.4, 0.5) is 0 Å². The number of fused-ring (bicyclic) bond motifs is 1. The molecule has 0 bridgehead atoms. The van der Waals surface area contributed by atoms with Gasteiger partial charge in [0, 0.05) is 37.6 Å². The van der Waals surface area contributed by atoms with Crippen LogP contribution in [0.5, 0.6) is 0 Å². The van der Waals surface area contributed by atoms with Gasteiger partial charge in [-0.25, -0.2) is 0 Å². The van der Waals surface area contributed by atoms with Gasteiger partial charge in [-0.15, -0.1) is 11.3 Å². The summed E-state index contributed by atoms with van der Waals surface area (Å²) in [5.41, 5.74) is 2.66. The van der Waals surface area contributed by atoms with E-state index in [0.29, 0.717) is 6.54 Å². The smallest absolute Gasteiger partial charge is 0.236 e. The molecule has 1 unspecified atom stereocenters. The Balaban J connectivity index is 1.58. The largest absolute Gasteiger partial charge is 0.339 e. The fraction of sp³-hybridized carbons (Fsp3) is 0.421. The molecular formula is C19H23N3OS. The molecule has 0 radical (unpaired) electrons. The van der Waals surface area contributed by atoms with E-state index in [9.17, 15) is 4.79 Å². The van der Waals surface area contributed by atoms with Crippen LogP contribution in [0.2, 0.25) is 0 Å². The zero-order valence-corrected chi connectivity index (χ0v) is 14.6. The van der Waals surface area contributed by atoms with Gasteiger partial charge >= 0.3 is 0 Å². The van der Waals surface area contributed by atoms with Gasteiger partial charge in [0.1, 0.15) is 0 Å². The molecule has 2 aliphatic heterocycles. The minimum Gasteiger partial charge on any atom is -0.339 e. The predicted molar refractivity (Wildman–Crippen MR) is 97.3 cm³/mol. The van der Waals surface area contributed by atoms with Crippen LogP contribution in [0.3, 0.4) is 0 Å². The highest BCUT2D eigenvalue weighted by atomic mass is 32.1. The first-order valence-electron chi connectivity index (χ1n) is 8.66. The van der Waals surface area contributed by atoms with Crippen molar-refractivity contribution in [1.82, 2.24) is 15.1 Å². The maximum atomic E-state index is 12.8. The van der Waals surface area contributed by atoms with Crippen molar-refractivity contribution in [2.24, 2.45) is 0 Å². The average molecular weight is 341 g/mol. The number of hydrogen-bond acceptors (Lipinski definition) is 4. The van der Waals surface area contributed by atoms with Crippen LogP contribution in [0, 0.1) is 0 Å². The number of rotatable bonds is 3. The number of thiophene rings is 1. The molecule has 1 N–H and O–H groups in total. The first kappa shape index (κ1) is 15.8. The van der Waals surface area contributed by atoms with E-state index in [2.05, 4.69) is 52.0 Å². The summed E-state index contributed by atoms with van der Waals surface area (Å²) >= 11 is 1.84. The molecule has 1 amide bonds. The van der Waals surface area contributed by atoms with E-state index >= 15 is 0 Å². The lowest BCUT2D eigenvalue weighted by Gasteiger charge is -2.37. The van der Waals surface area contributed by atoms with Crippen LogP contribution in [-0.4, -0.2) is 55.0 Å². The molecule has 3 heterocycles. The third kappa shape index (κ3) is 3.11. The Labute approximate surface area is 147 Å². The zero-order chi connectivity index (χ0) is 16.4. The lowest BCUT2D eigenvalue weighted by Crippen LogP contribution is -2.50. The van der Waals surface area contributed by atoms with Gasteiger partial charge in [0.05, 0.1) is 12.6 Å². The topological polar surface area (TPSA) is 35.6 Å². The van der Waals surface area contributed by atoms with Crippen molar-refractivity contribution < 1.29 is 4.79 Å². The van der Waals surface area contributed by atoms with Gasteiger partial charge in [-0.1, -0.05) is 30.3 Å². The molecule has 2 aromatic rings. The van der Waals surface area contributed by atoms with Crippen molar-refractivity contribution in [3.8, 4) is 0 Å². The molecule has 126 valence electrons. The van der Waals surface area contributed by atoms with Crippen molar-refractivity contribution >= 4 is 17.2 Å². The van der Waals surface area contributed by atoms with Crippen LogP contribution < -0.4 is 5.32 Å². The number of carbonyl (C=O) groups is 1. The van der Waals surface area contributed by atoms with Crippen molar-refractivity contribution in [3.63, 3.8) is 0 Å². The molecule has 4 nitrogen and oxygen atoms in total. The van der Waals surface area contributed by atoms with Crippen LogP contribution in [-0.2, 0) is 11.2 Å². The van der Waals surface area contributed by atoms with E-state index in [1.54, 1.807) is 0 Å². The summed E-state index contributed by atoms with van der Waals surface area (Å²) in [5, 5.41) is 5.49. The van der Waals surface area contributed by atoms with Crippen molar-refractivity contribution in [2.75, 3.05) is 39.3 Å². The molecule has 0 saturated carbocycles. The highest BCUT2D eigenvalue weighted by Crippen LogP contribution is 2.37. The van der Waals surface area contributed by atoms with E-state index < -0.39 is 0 Å². The van der Waals surface area contributed by atoms with Crippen LogP contribution in [0.15, 0.2) is 41.8 Å². The second-order valence-electron chi connectivity index (χ2n) is 6.46. The summed E-state index contributed by atoms with van der Waals surface area (Å²) in [6.07, 6.45) is 1.05. The van der Waals surface area contributed by atoms with Crippen molar-refractivity contribution in [2.45, 2.75) is 12.5 Å². The van der Waals surface area contributed by atoms with Crippen molar-refractivity contribution in [3.05, 3.63) is 57.8 Å². The van der Waals surface area contributed by atoms with E-state index in [-0.39, 0.29) is 11.9 Å². The molecule has 5 heteroatoms. The first-order valence-corrected chi connectivity index (χ1v) is 9.54. The number of amides is 1. The Morgan fingerprint density at radius 2 is 1.92 bits per heavy atom. The second kappa shape index (κ2) is 7.05. The Hall–Kier alpha value is -1.69. The summed E-state index contributed by atoms with van der Waals surface area (Å²) < 4.78 is 0. The number of hydrogen-bond donors (Lipinski definition) is 1. The molecule has 1 saturated heterocycles. The van der Waals surface area contributed by atoms with Gasteiger partial charge in [-0.05, 0) is 29.0 Å². The van der Waals surface area contributed by atoms with Crippen molar-refractivity contribution in [1.29, 1.82) is 0 Å². The van der Waals surface area contributed by atoms with Gasteiger partial charge in [0.25, 0.3) is 0 Å². The standard InChI is InChI=1S/C19H23N3OS/c23-18(21-11-8-20-9-12-21)14-22-10-6-17-16(7-13-24-17)19(22)15-4-2-1-3-5-15/h1-5,7,13,19-20H,6,8-12,14H2. The molecule has 1 aromatic carbocycles. The number of carbonyl (C=O) groups excluding carboxylic acids is 1. The van der Waals surface area contributed by atoms with Crippen LogP contribution in [0.25, 0.3) is 0 Å². The number of nitrogens with zero attached hydrogens (tertiary/aromatic N) is 2. The zero-order valence-electron chi connectivity index (χ0n) is 13.8. The predicted octanol–water partition coefficient (Wildman–Crippen LogP) is 2.13. The highest BCUT2D eigenvalue weighted by molar-refractivity contribution is 7.10. The minimum absolute atomic E-state index is 0.202. The first-order chi connectivity index (χ1) is 11.8. The molecule has 1 atom stereocenters. The fourth-order valence-electron chi connectivity index (χ4n) is 3.75. The maximum Gasteiger partial charge on any atom is 0.236 e. The van der Waals surface area contributed by atoms with Gasteiger partial charge in [-0.3, -0.25) is 9.69 Å². The fourth-order valence-corrected chi connectivity index (χ4v) is 4.66. The van der Waals surface area contributed by atoms with E-state index in [1.165, 1.54) is 16.0 Å². The Bertz CT molecular complexity index is 694. The van der Waals surface area contributed by atoms with E-state index in [0.717, 1.165) is 39.1 Å². The summed E-state index contributed by atoms with van der Waals surface area (Å²) in [4.78, 5) is 18.6. The molecule has 24 heavy (non-hydrogen) atoms. The number of piperazine rings is 1. The summed E-state index contributed by atoms with van der Waals surface area (Å²) in [7, 11) is 0. The van der Waals surface area contributed by atoms with E-state index in [4.69, 9.17) is 0 Å². The van der Waals surface area contributed by atoms with Crippen LogP contribution >= 0.6 is 11.3 Å². The Kier molecular flexibility index (Phi) is 4.65. The minimum atomic E-state index is 0.202. The lowest BCUT2D eigenvalue weighted by atomic mass is 9.93. The number of benzene rings is 1. The van der Waals surface area contributed by atoms with E-state index in [1.807, 2.05) is 16.2 Å². The summed E-state index contributed by atoms with van der Waals surface area (Å²) in [6.45, 7) is 4.92. The highest BCUT2D eigenvalue weighted by Gasteiger charge is 2.31. The quantitative estimate of drug-likeness (QED) is 0.929. The number of nitrogens with one attached hydrogen (secondary N) is 1. The second-order valence-corrected chi connectivity index (χ2v) is 7.46. The molecule has 2 aliphatic rings. The summed E-state index contributed by atoms with van der Waals surface area (Å²) in [6, 6.07) is 13.0. The van der Waals surface area contributed by atoms with Gasteiger partial charge in [-0.2, -0.15) is 0 Å². The average Bonchev–Trinajstić information content (AvgIpc) is 3.11. The molecule has 4 rings (SSSR count). The molecule has 0 spiro atoms. The third-order valence-electron chi connectivity index (χ3n) is 4.99. The molecular weight excluding hydrogens is 318 g/mol. The van der Waals surface area contributed by atoms with Gasteiger partial charge in [0.15, 0.2) is 0 Å². The third-order valence-corrected chi connectivity index (χ3v) is 5.99. The summed E-state index contributed by atoms with van der Waals surface area (Å²) in [5.74, 6) is 0.260. The Morgan fingerprint density at radius 3 is 2.71 bits per heavy atom. The molecule has 0 aliphatic carbocycles. The Morgan fingerprint density at radius 1 is 1.12 bits per heavy atom.